The fourth-order valence-corrected chi connectivity index (χ4v) is 2.20. The Morgan fingerprint density at radius 1 is 1.06 bits per heavy atom. The van der Waals surface area contributed by atoms with Gasteiger partial charge in [-0.1, -0.05) is 0 Å². The van der Waals surface area contributed by atoms with E-state index in [2.05, 4.69) is 0 Å². The molecule has 0 saturated heterocycles. The van der Waals surface area contributed by atoms with Crippen LogP contribution in [0.1, 0.15) is 36.0 Å². The first-order valence-corrected chi connectivity index (χ1v) is 5.68. The molecule has 0 aliphatic heterocycles. The number of ketones is 1. The molecule has 0 amide bonds. The van der Waals surface area contributed by atoms with Crippen molar-refractivity contribution >= 4 is 5.78 Å². The molecule has 16 heavy (non-hydrogen) atoms. The molecule has 1 aliphatic carbocycles. The van der Waals surface area contributed by atoms with Crippen LogP contribution in [0.2, 0.25) is 0 Å². The lowest BCUT2D eigenvalue weighted by Gasteiger charge is -2.24. The Bertz CT molecular complexity index is 361. The van der Waals surface area contributed by atoms with E-state index in [1.54, 1.807) is 12.1 Å². The Labute approximate surface area is 94.7 Å². The van der Waals surface area contributed by atoms with E-state index in [1.807, 2.05) is 0 Å². The van der Waals surface area contributed by atoms with Gasteiger partial charge in [-0.05, 0) is 49.9 Å². The van der Waals surface area contributed by atoms with Crippen molar-refractivity contribution in [3.8, 4) is 5.75 Å². The molecule has 0 bridgehead atoms. The molecule has 0 heterocycles. The first-order chi connectivity index (χ1) is 7.66. The van der Waals surface area contributed by atoms with Crippen molar-refractivity contribution in [2.45, 2.75) is 31.8 Å². The van der Waals surface area contributed by atoms with E-state index < -0.39 is 0 Å². The summed E-state index contributed by atoms with van der Waals surface area (Å²) in [5.74, 6) is 0.343. The molecule has 0 aromatic heterocycles. The summed E-state index contributed by atoms with van der Waals surface area (Å²) in [5, 5.41) is 18.5. The smallest absolute Gasteiger partial charge is 0.165 e. The highest BCUT2D eigenvalue weighted by atomic mass is 16.3. The highest BCUT2D eigenvalue weighted by molar-refractivity contribution is 5.97. The number of phenolic OH excluding ortho intramolecular Hbond substituents is 1. The van der Waals surface area contributed by atoms with Crippen LogP contribution in [0.4, 0.5) is 0 Å². The van der Waals surface area contributed by atoms with E-state index in [-0.39, 0.29) is 23.6 Å². The molecule has 86 valence electrons. The van der Waals surface area contributed by atoms with Gasteiger partial charge >= 0.3 is 0 Å². The number of hydrogen-bond donors (Lipinski definition) is 2. The van der Waals surface area contributed by atoms with Crippen LogP contribution in [0.25, 0.3) is 0 Å². The van der Waals surface area contributed by atoms with Gasteiger partial charge in [-0.25, -0.2) is 0 Å². The van der Waals surface area contributed by atoms with Gasteiger partial charge in [0, 0.05) is 11.5 Å². The predicted octanol–water partition coefficient (Wildman–Crippen LogP) is 2.13. The van der Waals surface area contributed by atoms with Gasteiger partial charge < -0.3 is 10.2 Å². The van der Waals surface area contributed by atoms with Crippen molar-refractivity contribution in [1.29, 1.82) is 0 Å². The maximum absolute atomic E-state index is 12.1. The molecule has 0 unspecified atom stereocenters. The molecule has 0 atom stereocenters. The van der Waals surface area contributed by atoms with Gasteiger partial charge in [-0.3, -0.25) is 4.79 Å². The zero-order valence-corrected chi connectivity index (χ0v) is 9.10. The van der Waals surface area contributed by atoms with Crippen LogP contribution < -0.4 is 0 Å². The van der Waals surface area contributed by atoms with E-state index in [4.69, 9.17) is 5.11 Å². The quantitative estimate of drug-likeness (QED) is 0.751. The lowest BCUT2D eigenvalue weighted by Crippen LogP contribution is -2.24. The van der Waals surface area contributed by atoms with Crippen LogP contribution in [-0.2, 0) is 0 Å². The van der Waals surface area contributed by atoms with Crippen LogP contribution in [-0.4, -0.2) is 22.1 Å². The second-order valence-corrected chi connectivity index (χ2v) is 4.42. The fourth-order valence-electron chi connectivity index (χ4n) is 2.20. The number of aliphatic hydroxyl groups excluding tert-OH is 1. The molecule has 1 saturated carbocycles. The number of Topliss-reactive ketones (excluding diaryl/α,β-unsaturated/α-hetero) is 1. The number of aromatic hydroxyl groups is 1. The first-order valence-electron chi connectivity index (χ1n) is 5.68. The van der Waals surface area contributed by atoms with Crippen LogP contribution in [0.15, 0.2) is 24.3 Å². The molecular weight excluding hydrogens is 204 g/mol. The van der Waals surface area contributed by atoms with Gasteiger partial charge in [0.2, 0.25) is 0 Å². The summed E-state index contributed by atoms with van der Waals surface area (Å²) in [6.45, 7) is 0. The van der Waals surface area contributed by atoms with Crippen LogP contribution >= 0.6 is 0 Å². The Morgan fingerprint density at radius 3 is 2.19 bits per heavy atom. The standard InChI is InChI=1S/C13H16O3/c14-11-5-1-9(2-6-11)13(16)10-3-7-12(15)8-4-10/h1-2,5-6,10,12,14-15H,3-4,7-8H2. The van der Waals surface area contributed by atoms with E-state index in [0.29, 0.717) is 18.4 Å². The maximum atomic E-state index is 12.1. The summed E-state index contributed by atoms with van der Waals surface area (Å²) in [5.41, 5.74) is 0.652. The minimum absolute atomic E-state index is 0.0351. The highest BCUT2D eigenvalue weighted by Crippen LogP contribution is 2.27. The molecule has 1 fully saturated rings. The largest absolute Gasteiger partial charge is 0.508 e. The molecule has 1 aromatic rings. The van der Waals surface area contributed by atoms with Crippen molar-refractivity contribution < 1.29 is 15.0 Å². The second-order valence-electron chi connectivity index (χ2n) is 4.42. The zero-order valence-electron chi connectivity index (χ0n) is 9.10. The Kier molecular flexibility index (Phi) is 3.25. The van der Waals surface area contributed by atoms with Crippen LogP contribution in [0.5, 0.6) is 5.75 Å². The van der Waals surface area contributed by atoms with Crippen molar-refractivity contribution in [3.05, 3.63) is 29.8 Å². The lowest BCUT2D eigenvalue weighted by atomic mass is 9.82. The second kappa shape index (κ2) is 4.66. The summed E-state index contributed by atoms with van der Waals surface area (Å²) in [6.07, 6.45) is 2.73. The third-order valence-electron chi connectivity index (χ3n) is 3.22. The minimum Gasteiger partial charge on any atom is -0.508 e. The summed E-state index contributed by atoms with van der Waals surface area (Å²) in [4.78, 5) is 12.1. The molecule has 1 aliphatic rings. The van der Waals surface area contributed by atoms with Crippen LogP contribution in [0, 0.1) is 5.92 Å². The topological polar surface area (TPSA) is 57.5 Å². The van der Waals surface area contributed by atoms with Gasteiger partial charge in [0.25, 0.3) is 0 Å². The molecule has 0 radical (unpaired) electrons. The average molecular weight is 220 g/mol. The maximum Gasteiger partial charge on any atom is 0.165 e. The SMILES string of the molecule is O=C(c1ccc(O)cc1)C1CCC(O)CC1. The number of hydrogen-bond acceptors (Lipinski definition) is 3. The van der Waals surface area contributed by atoms with Crippen molar-refractivity contribution in [3.63, 3.8) is 0 Å². The summed E-state index contributed by atoms with van der Waals surface area (Å²) < 4.78 is 0. The predicted molar refractivity (Wildman–Crippen MR) is 60.4 cm³/mol. The number of rotatable bonds is 2. The monoisotopic (exact) mass is 220 g/mol. The van der Waals surface area contributed by atoms with Crippen molar-refractivity contribution in [2.75, 3.05) is 0 Å². The van der Waals surface area contributed by atoms with Crippen LogP contribution in [0.3, 0.4) is 0 Å². The highest BCUT2D eigenvalue weighted by Gasteiger charge is 2.25. The number of aliphatic hydroxyl groups is 1. The third kappa shape index (κ3) is 2.42. The Morgan fingerprint density at radius 2 is 1.62 bits per heavy atom. The molecule has 3 heteroatoms. The van der Waals surface area contributed by atoms with Gasteiger partial charge in [-0.2, -0.15) is 0 Å². The van der Waals surface area contributed by atoms with Crippen molar-refractivity contribution in [2.24, 2.45) is 5.92 Å². The van der Waals surface area contributed by atoms with Gasteiger partial charge in [0.05, 0.1) is 6.10 Å². The summed E-state index contributed by atoms with van der Waals surface area (Å²) in [6, 6.07) is 6.38. The van der Waals surface area contributed by atoms with E-state index in [9.17, 15) is 9.90 Å². The van der Waals surface area contributed by atoms with E-state index in [0.717, 1.165) is 12.8 Å². The van der Waals surface area contributed by atoms with Gasteiger partial charge in [-0.15, -0.1) is 0 Å². The average Bonchev–Trinajstić information content (AvgIpc) is 2.30. The molecule has 2 N–H and O–H groups in total. The molecule has 1 aromatic carbocycles. The number of phenols is 1. The number of benzene rings is 1. The minimum atomic E-state index is -0.233. The summed E-state index contributed by atoms with van der Waals surface area (Å²) in [7, 11) is 0. The van der Waals surface area contributed by atoms with Gasteiger partial charge in [0.1, 0.15) is 5.75 Å². The zero-order chi connectivity index (χ0) is 11.5. The fraction of sp³-hybridized carbons (Fsp3) is 0.462. The van der Waals surface area contributed by atoms with E-state index >= 15 is 0 Å². The first kappa shape index (κ1) is 11.1. The molecule has 2 rings (SSSR count). The number of carbonyl (C=O) groups is 1. The molecular formula is C13H16O3. The lowest BCUT2D eigenvalue weighted by molar-refractivity contribution is 0.0764. The van der Waals surface area contributed by atoms with Gasteiger partial charge in [0.15, 0.2) is 5.78 Å². The van der Waals surface area contributed by atoms with Crippen molar-refractivity contribution in [1.82, 2.24) is 0 Å². The molecule has 0 spiro atoms. The Hall–Kier alpha value is -1.35. The third-order valence-corrected chi connectivity index (χ3v) is 3.22. The normalized spacial score (nSPS) is 25.3. The summed E-state index contributed by atoms with van der Waals surface area (Å²) >= 11 is 0. The molecule has 3 nitrogen and oxygen atoms in total. The Balaban J connectivity index is 2.05. The number of carbonyl (C=O) groups excluding carboxylic acids is 1. The van der Waals surface area contributed by atoms with E-state index in [1.165, 1.54) is 12.1 Å².